The van der Waals surface area contributed by atoms with Crippen LogP contribution in [0.3, 0.4) is 0 Å². The molecule has 20 heavy (non-hydrogen) atoms. The molecule has 100 valence electrons. The van der Waals surface area contributed by atoms with Crippen LogP contribution in [0.15, 0.2) is 36.4 Å². The molecule has 0 saturated heterocycles. The second-order valence-electron chi connectivity index (χ2n) is 4.63. The van der Waals surface area contributed by atoms with E-state index < -0.39 is 11.9 Å². The van der Waals surface area contributed by atoms with Crippen LogP contribution in [0.25, 0.3) is 21.8 Å². The lowest BCUT2D eigenvalue weighted by Crippen LogP contribution is -1.95. The average Bonchev–Trinajstić information content (AvgIpc) is 2.71. The Hall–Kier alpha value is -2.82. The van der Waals surface area contributed by atoms with Crippen LogP contribution in [0.4, 0.5) is 0 Å². The minimum absolute atomic E-state index is 0.186. The molecule has 0 spiro atoms. The summed E-state index contributed by atoms with van der Waals surface area (Å²) in [6, 6.07) is 9.71. The number of hydrogen-bond donors (Lipinski definition) is 2. The third-order valence-electron chi connectivity index (χ3n) is 3.50. The maximum atomic E-state index is 11.1. The van der Waals surface area contributed by atoms with Gasteiger partial charge in [-0.1, -0.05) is 0 Å². The Labute approximate surface area is 113 Å². The van der Waals surface area contributed by atoms with Crippen molar-refractivity contribution in [2.24, 2.45) is 7.05 Å². The second kappa shape index (κ2) is 4.09. The van der Waals surface area contributed by atoms with Crippen molar-refractivity contribution < 1.29 is 19.8 Å². The van der Waals surface area contributed by atoms with E-state index >= 15 is 0 Å². The van der Waals surface area contributed by atoms with Crippen LogP contribution in [0, 0.1) is 0 Å². The number of nitrogens with zero attached hydrogens (tertiary/aromatic N) is 1. The first-order chi connectivity index (χ1) is 9.49. The molecule has 2 aromatic carbocycles. The summed E-state index contributed by atoms with van der Waals surface area (Å²) in [5, 5.41) is 19.6. The zero-order valence-corrected chi connectivity index (χ0v) is 10.6. The molecule has 0 bridgehead atoms. The molecular weight excluding hydrogens is 258 g/mol. The van der Waals surface area contributed by atoms with Crippen LogP contribution in [-0.4, -0.2) is 26.7 Å². The second-order valence-corrected chi connectivity index (χ2v) is 4.63. The fourth-order valence-corrected chi connectivity index (χ4v) is 2.48. The molecule has 0 saturated carbocycles. The number of benzene rings is 2. The Bertz CT molecular complexity index is 805. The molecule has 2 N–H and O–H groups in total. The van der Waals surface area contributed by atoms with Crippen molar-refractivity contribution in [2.45, 2.75) is 0 Å². The van der Waals surface area contributed by atoms with E-state index in [-0.39, 0.29) is 11.1 Å². The van der Waals surface area contributed by atoms with Gasteiger partial charge in [-0.3, -0.25) is 0 Å². The molecule has 0 unspecified atom stereocenters. The number of hydrogen-bond acceptors (Lipinski definition) is 2. The maximum Gasteiger partial charge on any atom is 0.335 e. The molecule has 0 atom stereocenters. The number of aromatic carboxylic acids is 2. The summed E-state index contributed by atoms with van der Waals surface area (Å²) < 4.78 is 1.92. The van der Waals surface area contributed by atoms with Crippen molar-refractivity contribution in [1.29, 1.82) is 0 Å². The summed E-state index contributed by atoms with van der Waals surface area (Å²) >= 11 is 0. The van der Waals surface area contributed by atoms with Gasteiger partial charge >= 0.3 is 11.9 Å². The minimum Gasteiger partial charge on any atom is -0.478 e. The number of fused-ring (bicyclic) bond motifs is 3. The normalized spacial score (nSPS) is 11.1. The van der Waals surface area contributed by atoms with Gasteiger partial charge in [0.05, 0.1) is 11.1 Å². The summed E-state index contributed by atoms with van der Waals surface area (Å²) in [6.45, 7) is 0. The van der Waals surface area contributed by atoms with E-state index in [9.17, 15) is 9.59 Å². The summed E-state index contributed by atoms with van der Waals surface area (Å²) in [6.07, 6.45) is 0. The maximum absolute atomic E-state index is 11.1. The summed E-state index contributed by atoms with van der Waals surface area (Å²) in [7, 11) is 1.87. The molecule has 5 nitrogen and oxygen atoms in total. The van der Waals surface area contributed by atoms with E-state index in [1.807, 2.05) is 11.6 Å². The number of carboxylic acids is 2. The SMILES string of the molecule is Cn1c2ccc(C(=O)O)cc2c2cc(C(=O)O)ccc21. The molecule has 1 heterocycles. The smallest absolute Gasteiger partial charge is 0.335 e. The van der Waals surface area contributed by atoms with Gasteiger partial charge in [-0.25, -0.2) is 9.59 Å². The third kappa shape index (κ3) is 1.64. The molecule has 0 aliphatic carbocycles. The molecule has 3 aromatic rings. The number of rotatable bonds is 2. The summed E-state index contributed by atoms with van der Waals surface area (Å²) in [5.41, 5.74) is 2.11. The van der Waals surface area contributed by atoms with E-state index in [1.54, 1.807) is 36.4 Å². The highest BCUT2D eigenvalue weighted by atomic mass is 16.4. The van der Waals surface area contributed by atoms with Crippen molar-refractivity contribution in [3.8, 4) is 0 Å². The van der Waals surface area contributed by atoms with E-state index in [4.69, 9.17) is 10.2 Å². The molecule has 0 amide bonds. The standard InChI is InChI=1S/C15H11NO4/c1-16-12-4-2-8(14(17)18)6-10(12)11-7-9(15(19)20)3-5-13(11)16/h2-7H,1H3,(H,17,18)(H,19,20). The van der Waals surface area contributed by atoms with Gasteiger partial charge < -0.3 is 14.8 Å². The van der Waals surface area contributed by atoms with Gasteiger partial charge in [0.25, 0.3) is 0 Å². The van der Waals surface area contributed by atoms with Gasteiger partial charge in [-0.2, -0.15) is 0 Å². The highest BCUT2D eigenvalue weighted by Gasteiger charge is 2.13. The van der Waals surface area contributed by atoms with Crippen molar-refractivity contribution in [1.82, 2.24) is 4.57 Å². The molecule has 3 rings (SSSR count). The molecule has 1 aromatic heterocycles. The van der Waals surface area contributed by atoms with Crippen LogP contribution in [-0.2, 0) is 7.05 Å². The van der Waals surface area contributed by atoms with Gasteiger partial charge in [0.15, 0.2) is 0 Å². The van der Waals surface area contributed by atoms with Gasteiger partial charge in [-0.05, 0) is 36.4 Å². The predicted molar refractivity (Wildman–Crippen MR) is 74.3 cm³/mol. The molecule has 5 heteroatoms. The number of carbonyl (C=O) groups is 2. The van der Waals surface area contributed by atoms with Crippen molar-refractivity contribution >= 4 is 33.7 Å². The van der Waals surface area contributed by atoms with Crippen LogP contribution in [0.5, 0.6) is 0 Å². The minimum atomic E-state index is -1.00. The molecule has 0 fully saturated rings. The van der Waals surface area contributed by atoms with Crippen molar-refractivity contribution in [3.05, 3.63) is 47.5 Å². The van der Waals surface area contributed by atoms with E-state index in [2.05, 4.69) is 0 Å². The van der Waals surface area contributed by atoms with Gasteiger partial charge in [0.2, 0.25) is 0 Å². The van der Waals surface area contributed by atoms with E-state index in [0.717, 1.165) is 21.8 Å². The lowest BCUT2D eigenvalue weighted by molar-refractivity contribution is 0.0686. The Morgan fingerprint density at radius 3 is 1.60 bits per heavy atom. The Morgan fingerprint density at radius 1 is 0.850 bits per heavy atom. The fourth-order valence-electron chi connectivity index (χ4n) is 2.48. The van der Waals surface area contributed by atoms with Crippen LogP contribution >= 0.6 is 0 Å². The largest absolute Gasteiger partial charge is 0.478 e. The quantitative estimate of drug-likeness (QED) is 0.749. The average molecular weight is 269 g/mol. The Balaban J connectivity index is 2.44. The predicted octanol–water partition coefficient (Wildman–Crippen LogP) is 2.73. The summed E-state index contributed by atoms with van der Waals surface area (Å²) in [4.78, 5) is 22.1. The van der Waals surface area contributed by atoms with Crippen LogP contribution in [0.2, 0.25) is 0 Å². The first-order valence-corrected chi connectivity index (χ1v) is 5.98. The van der Waals surface area contributed by atoms with Gasteiger partial charge in [0, 0.05) is 28.9 Å². The highest BCUT2D eigenvalue weighted by Crippen LogP contribution is 2.29. The zero-order valence-electron chi connectivity index (χ0n) is 10.6. The number of aromatic nitrogens is 1. The van der Waals surface area contributed by atoms with E-state index in [0.29, 0.717) is 0 Å². The first kappa shape index (κ1) is 12.2. The lowest BCUT2D eigenvalue weighted by atomic mass is 10.1. The monoisotopic (exact) mass is 269 g/mol. The Kier molecular flexibility index (Phi) is 2.50. The number of aryl methyl sites for hydroxylation is 1. The first-order valence-electron chi connectivity index (χ1n) is 5.98. The number of carboxylic acid groups (broad SMARTS) is 2. The summed E-state index contributed by atoms with van der Waals surface area (Å²) in [5.74, 6) is -2.00. The lowest BCUT2D eigenvalue weighted by Gasteiger charge is -1.98. The van der Waals surface area contributed by atoms with Gasteiger partial charge in [0.1, 0.15) is 0 Å². The molecular formula is C15H11NO4. The van der Waals surface area contributed by atoms with Crippen LogP contribution in [0.1, 0.15) is 20.7 Å². The fraction of sp³-hybridized carbons (Fsp3) is 0.0667. The van der Waals surface area contributed by atoms with Crippen molar-refractivity contribution in [3.63, 3.8) is 0 Å². The third-order valence-corrected chi connectivity index (χ3v) is 3.50. The molecule has 0 aliphatic rings. The van der Waals surface area contributed by atoms with Crippen molar-refractivity contribution in [2.75, 3.05) is 0 Å². The van der Waals surface area contributed by atoms with Gasteiger partial charge in [-0.15, -0.1) is 0 Å². The molecule has 0 radical (unpaired) electrons. The molecule has 0 aliphatic heterocycles. The zero-order chi connectivity index (χ0) is 14.4. The van der Waals surface area contributed by atoms with E-state index in [1.165, 1.54) is 0 Å². The topological polar surface area (TPSA) is 79.5 Å². The highest BCUT2D eigenvalue weighted by molar-refractivity contribution is 6.11. The van der Waals surface area contributed by atoms with Crippen LogP contribution < -0.4 is 0 Å². The Morgan fingerprint density at radius 2 is 1.25 bits per heavy atom.